The van der Waals surface area contributed by atoms with E-state index in [1.54, 1.807) is 0 Å². The molecule has 1 saturated heterocycles. The number of nitrogens with one attached hydrogen (secondary N) is 1. The zero-order valence-corrected chi connectivity index (χ0v) is 12.1. The van der Waals surface area contributed by atoms with Crippen molar-refractivity contribution in [3.63, 3.8) is 0 Å². The van der Waals surface area contributed by atoms with E-state index in [1.807, 2.05) is 6.20 Å². The molecule has 2 aliphatic rings. The summed E-state index contributed by atoms with van der Waals surface area (Å²) >= 11 is 0. The SMILES string of the molecule is CC1CCN(c2ccc(CNC3CC3)cn2)CC1C. The van der Waals surface area contributed by atoms with E-state index in [9.17, 15) is 0 Å². The maximum absolute atomic E-state index is 4.65. The third-order valence-electron chi connectivity index (χ3n) is 4.64. The zero-order valence-electron chi connectivity index (χ0n) is 12.1. The Bertz CT molecular complexity index is 411. The van der Waals surface area contributed by atoms with E-state index in [1.165, 1.54) is 24.8 Å². The summed E-state index contributed by atoms with van der Waals surface area (Å²) in [7, 11) is 0. The third kappa shape index (κ3) is 3.27. The van der Waals surface area contributed by atoms with Crippen molar-refractivity contribution in [3.05, 3.63) is 23.9 Å². The molecule has 1 N–H and O–H groups in total. The highest BCUT2D eigenvalue weighted by Gasteiger charge is 2.23. The molecule has 2 heterocycles. The summed E-state index contributed by atoms with van der Waals surface area (Å²) in [4.78, 5) is 7.08. The summed E-state index contributed by atoms with van der Waals surface area (Å²) in [6.07, 6.45) is 6.01. The fraction of sp³-hybridized carbons (Fsp3) is 0.688. The summed E-state index contributed by atoms with van der Waals surface area (Å²) in [5, 5.41) is 3.53. The standard InChI is InChI=1S/C16H25N3/c1-12-7-8-19(11-13(12)2)16-6-3-14(10-18-16)9-17-15-4-5-15/h3,6,10,12-13,15,17H,4-5,7-9,11H2,1-2H3. The Morgan fingerprint density at radius 1 is 1.21 bits per heavy atom. The molecule has 0 radical (unpaired) electrons. The number of hydrogen-bond acceptors (Lipinski definition) is 3. The van der Waals surface area contributed by atoms with Crippen LogP contribution in [0.25, 0.3) is 0 Å². The minimum atomic E-state index is 0.768. The number of pyridine rings is 1. The van der Waals surface area contributed by atoms with Crippen LogP contribution in [0.4, 0.5) is 5.82 Å². The molecular formula is C16H25N3. The fourth-order valence-corrected chi connectivity index (χ4v) is 2.73. The van der Waals surface area contributed by atoms with Crippen LogP contribution < -0.4 is 10.2 Å². The maximum atomic E-state index is 4.65. The predicted molar refractivity (Wildman–Crippen MR) is 79.3 cm³/mol. The van der Waals surface area contributed by atoms with E-state index >= 15 is 0 Å². The van der Waals surface area contributed by atoms with Gasteiger partial charge in [0.15, 0.2) is 0 Å². The van der Waals surface area contributed by atoms with E-state index in [4.69, 9.17) is 0 Å². The Morgan fingerprint density at radius 3 is 2.68 bits per heavy atom. The number of nitrogens with zero attached hydrogens (tertiary/aromatic N) is 2. The van der Waals surface area contributed by atoms with Crippen LogP contribution in [-0.2, 0) is 6.54 Å². The number of anilines is 1. The van der Waals surface area contributed by atoms with Gasteiger partial charge in [0.2, 0.25) is 0 Å². The van der Waals surface area contributed by atoms with Gasteiger partial charge in [0.1, 0.15) is 5.82 Å². The molecule has 2 fully saturated rings. The lowest BCUT2D eigenvalue weighted by Crippen LogP contribution is -2.38. The molecule has 3 nitrogen and oxygen atoms in total. The molecular weight excluding hydrogens is 234 g/mol. The van der Waals surface area contributed by atoms with Crippen LogP contribution in [-0.4, -0.2) is 24.1 Å². The lowest BCUT2D eigenvalue weighted by atomic mass is 9.89. The molecule has 1 aliphatic carbocycles. The maximum Gasteiger partial charge on any atom is 0.128 e. The monoisotopic (exact) mass is 259 g/mol. The molecule has 0 spiro atoms. The van der Waals surface area contributed by atoms with E-state index < -0.39 is 0 Å². The summed E-state index contributed by atoms with van der Waals surface area (Å²) in [5.74, 6) is 2.76. The van der Waals surface area contributed by atoms with Crippen molar-refractivity contribution < 1.29 is 0 Å². The Morgan fingerprint density at radius 2 is 2.05 bits per heavy atom. The Labute approximate surface area is 116 Å². The average molecular weight is 259 g/mol. The van der Waals surface area contributed by atoms with E-state index in [-0.39, 0.29) is 0 Å². The van der Waals surface area contributed by atoms with Crippen LogP contribution in [0.3, 0.4) is 0 Å². The normalized spacial score (nSPS) is 27.6. The molecule has 3 rings (SSSR count). The summed E-state index contributed by atoms with van der Waals surface area (Å²) in [6, 6.07) is 5.18. The van der Waals surface area contributed by atoms with Crippen molar-refractivity contribution in [3.8, 4) is 0 Å². The van der Waals surface area contributed by atoms with E-state index in [0.29, 0.717) is 0 Å². The molecule has 0 aromatic carbocycles. The van der Waals surface area contributed by atoms with Crippen LogP contribution in [0, 0.1) is 11.8 Å². The van der Waals surface area contributed by atoms with Crippen LogP contribution in [0.1, 0.15) is 38.7 Å². The first-order valence-electron chi connectivity index (χ1n) is 7.65. The van der Waals surface area contributed by atoms with Gasteiger partial charge in [-0.05, 0) is 42.7 Å². The largest absolute Gasteiger partial charge is 0.356 e. The highest BCUT2D eigenvalue weighted by molar-refractivity contribution is 5.40. The molecule has 2 unspecified atom stereocenters. The van der Waals surface area contributed by atoms with Crippen LogP contribution in [0.2, 0.25) is 0 Å². The smallest absolute Gasteiger partial charge is 0.128 e. The first-order chi connectivity index (χ1) is 9.22. The second kappa shape index (κ2) is 5.49. The Kier molecular flexibility index (Phi) is 3.74. The van der Waals surface area contributed by atoms with Gasteiger partial charge in [0.05, 0.1) is 0 Å². The van der Waals surface area contributed by atoms with Gasteiger partial charge in [-0.1, -0.05) is 19.9 Å². The topological polar surface area (TPSA) is 28.2 Å². The quantitative estimate of drug-likeness (QED) is 0.901. The molecule has 3 heteroatoms. The van der Waals surface area contributed by atoms with Crippen LogP contribution >= 0.6 is 0 Å². The molecule has 104 valence electrons. The van der Waals surface area contributed by atoms with Gasteiger partial charge in [0, 0.05) is 31.9 Å². The molecule has 0 amide bonds. The van der Waals surface area contributed by atoms with Gasteiger partial charge in [-0.15, -0.1) is 0 Å². The van der Waals surface area contributed by atoms with Gasteiger partial charge in [0.25, 0.3) is 0 Å². The molecule has 1 aromatic heterocycles. The van der Waals surface area contributed by atoms with Gasteiger partial charge < -0.3 is 10.2 Å². The van der Waals surface area contributed by atoms with Crippen LogP contribution in [0.5, 0.6) is 0 Å². The van der Waals surface area contributed by atoms with Gasteiger partial charge in [-0.3, -0.25) is 0 Å². The summed E-state index contributed by atoms with van der Waals surface area (Å²) in [5.41, 5.74) is 1.30. The molecule has 1 aliphatic heterocycles. The lowest BCUT2D eigenvalue weighted by Gasteiger charge is -2.36. The number of hydrogen-bond donors (Lipinski definition) is 1. The van der Waals surface area contributed by atoms with E-state index in [0.717, 1.165) is 43.3 Å². The van der Waals surface area contributed by atoms with E-state index in [2.05, 4.69) is 41.2 Å². The zero-order chi connectivity index (χ0) is 13.2. The molecule has 1 saturated carbocycles. The highest BCUT2D eigenvalue weighted by Crippen LogP contribution is 2.26. The van der Waals surface area contributed by atoms with Gasteiger partial charge in [-0.25, -0.2) is 4.98 Å². The van der Waals surface area contributed by atoms with Crippen molar-refractivity contribution in [1.82, 2.24) is 10.3 Å². The second-order valence-electron chi connectivity index (χ2n) is 6.37. The molecule has 2 atom stereocenters. The number of rotatable bonds is 4. The molecule has 1 aromatic rings. The summed E-state index contributed by atoms with van der Waals surface area (Å²) in [6.45, 7) is 7.98. The minimum Gasteiger partial charge on any atom is -0.356 e. The number of aromatic nitrogens is 1. The molecule has 19 heavy (non-hydrogen) atoms. The van der Waals surface area contributed by atoms with Crippen molar-refractivity contribution in [2.24, 2.45) is 11.8 Å². The average Bonchev–Trinajstić information content (AvgIpc) is 3.24. The Balaban J connectivity index is 1.58. The Hall–Kier alpha value is -1.09. The third-order valence-corrected chi connectivity index (χ3v) is 4.64. The van der Waals surface area contributed by atoms with Gasteiger partial charge >= 0.3 is 0 Å². The first kappa shape index (κ1) is 12.9. The van der Waals surface area contributed by atoms with Crippen LogP contribution in [0.15, 0.2) is 18.3 Å². The van der Waals surface area contributed by atoms with Crippen molar-refractivity contribution in [2.75, 3.05) is 18.0 Å². The predicted octanol–water partition coefficient (Wildman–Crippen LogP) is 2.82. The fourth-order valence-electron chi connectivity index (χ4n) is 2.73. The van der Waals surface area contributed by atoms with Gasteiger partial charge in [-0.2, -0.15) is 0 Å². The lowest BCUT2D eigenvalue weighted by molar-refractivity contribution is 0.323. The highest BCUT2D eigenvalue weighted by atomic mass is 15.2. The number of piperidine rings is 1. The van der Waals surface area contributed by atoms with Crippen molar-refractivity contribution in [2.45, 2.75) is 45.7 Å². The molecule has 0 bridgehead atoms. The first-order valence-corrected chi connectivity index (χ1v) is 7.65. The second-order valence-corrected chi connectivity index (χ2v) is 6.37. The van der Waals surface area contributed by atoms with Crippen molar-refractivity contribution in [1.29, 1.82) is 0 Å². The van der Waals surface area contributed by atoms with Crippen molar-refractivity contribution >= 4 is 5.82 Å². The minimum absolute atomic E-state index is 0.768. The summed E-state index contributed by atoms with van der Waals surface area (Å²) < 4.78 is 0.